The van der Waals surface area contributed by atoms with Crippen LogP contribution in [0.15, 0.2) is 144 Å². The van der Waals surface area contributed by atoms with Crippen molar-refractivity contribution in [3.63, 3.8) is 0 Å². The highest BCUT2D eigenvalue weighted by Gasteiger charge is 2.37. The molecule has 2 fully saturated rings. The van der Waals surface area contributed by atoms with Gasteiger partial charge in [-0.05, 0) is 140 Å². The minimum Gasteiger partial charge on any atom is -0.384 e. The Labute approximate surface area is 552 Å². The first-order valence-corrected chi connectivity index (χ1v) is 33.6. The standard InChI is InChI=1S/C25H30Cl2N4O2.C20H27P.C19H17BrCl2N2O.C6H14N2O/c1-17-15-18(28-9-10-30-11-13-33-14-12-30)7-8-19(17)22-16-23(25(2,3)32)29-31(22)24-20(26)5-4-6-21(24)27;1-19(2,3)21(20(4,5)6)18-15-11-10-14-17(18)16-12-8-7-9-13-16;1-11-9-12(20)7-8-13(11)16-10-17(19(2,3)25)23-24(16)18-14(21)5-4-6-15(18)22;7-1-2-8-3-5-9-6-4-8/h4-8,15-16,28,32H,9-14H2,1-3H3;7-15H,1-6H3;4-10,25H,1-3H3;1-7H2. The summed E-state index contributed by atoms with van der Waals surface area (Å²) in [6.07, 6.45) is 0. The summed E-state index contributed by atoms with van der Waals surface area (Å²) in [6.45, 7) is 36.3. The zero-order valence-electron chi connectivity index (χ0n) is 53.1. The molecule has 0 spiro atoms. The summed E-state index contributed by atoms with van der Waals surface area (Å²) in [7, 11) is -0.282. The van der Waals surface area contributed by atoms with Crippen LogP contribution in [-0.4, -0.2) is 129 Å². The summed E-state index contributed by atoms with van der Waals surface area (Å²) in [5.74, 6) is 0. The molecule has 18 heteroatoms. The van der Waals surface area contributed by atoms with Gasteiger partial charge in [-0.1, -0.05) is 191 Å². The number of benzene rings is 6. The molecule has 2 saturated heterocycles. The van der Waals surface area contributed by atoms with Gasteiger partial charge in [0, 0.05) is 73.6 Å². The van der Waals surface area contributed by atoms with Crippen LogP contribution in [-0.2, 0) is 20.7 Å². The van der Waals surface area contributed by atoms with Gasteiger partial charge >= 0.3 is 0 Å². The molecule has 10 rings (SSSR count). The van der Waals surface area contributed by atoms with E-state index in [1.807, 2.05) is 37.3 Å². The number of hydrogen-bond acceptors (Lipinski definition) is 10. The second-order valence-electron chi connectivity index (χ2n) is 25.1. The van der Waals surface area contributed by atoms with Gasteiger partial charge in [0.15, 0.2) is 0 Å². The van der Waals surface area contributed by atoms with Gasteiger partial charge < -0.3 is 30.7 Å². The van der Waals surface area contributed by atoms with E-state index in [0.717, 1.165) is 123 Å². The minimum atomic E-state index is -1.11. The minimum absolute atomic E-state index is 0.282. The number of aromatic nitrogens is 4. The topological polar surface area (TPSA) is 139 Å². The SMILES string of the molecule is CC(C)(C)P(c1ccccc1-c1ccccc1)C(C)(C)C.Cc1cc(Br)ccc1-c1cc(C(C)(C)O)nn1-c1c(Cl)cccc1Cl.Cc1cc(NCCN2CCOCC2)ccc1-c1cc(C(C)(C)O)nn1-c1c(Cl)cccc1Cl.NCCN1CCOCC1. The number of ether oxygens (including phenoxy) is 2. The molecular weight excluding hydrogens is 1270 g/mol. The number of anilines is 1. The van der Waals surface area contributed by atoms with Gasteiger partial charge in [-0.15, -0.1) is 0 Å². The van der Waals surface area contributed by atoms with Crippen LogP contribution in [0.4, 0.5) is 5.69 Å². The molecule has 0 radical (unpaired) electrons. The van der Waals surface area contributed by atoms with Crippen molar-refractivity contribution in [3.8, 4) is 45.0 Å². The molecule has 2 aliphatic rings. The summed E-state index contributed by atoms with van der Waals surface area (Å²) < 4.78 is 15.0. The lowest BCUT2D eigenvalue weighted by atomic mass is 10.0. The predicted molar refractivity (Wildman–Crippen MR) is 376 cm³/mol. The maximum absolute atomic E-state index is 10.6. The van der Waals surface area contributed by atoms with E-state index < -0.39 is 11.2 Å². The molecule has 0 bridgehead atoms. The largest absolute Gasteiger partial charge is 0.384 e. The molecule has 6 aromatic carbocycles. The van der Waals surface area contributed by atoms with Crippen LogP contribution < -0.4 is 16.4 Å². The summed E-state index contributed by atoms with van der Waals surface area (Å²) in [4.78, 5) is 4.73. The van der Waals surface area contributed by atoms with Crippen molar-refractivity contribution in [1.82, 2.24) is 29.4 Å². The van der Waals surface area contributed by atoms with Gasteiger partial charge in [-0.3, -0.25) is 9.80 Å². The fourth-order valence-electron chi connectivity index (χ4n) is 10.9. The monoisotopic (exact) mass is 1350 g/mol. The molecule has 2 aliphatic heterocycles. The van der Waals surface area contributed by atoms with Crippen molar-refractivity contribution in [2.24, 2.45) is 5.73 Å². The van der Waals surface area contributed by atoms with Gasteiger partial charge in [0.2, 0.25) is 0 Å². The van der Waals surface area contributed by atoms with Crippen LogP contribution in [0.25, 0.3) is 45.0 Å². The number of aliphatic hydroxyl groups is 2. The normalized spacial score (nSPS) is 14.3. The zero-order chi connectivity index (χ0) is 64.1. The van der Waals surface area contributed by atoms with E-state index in [0.29, 0.717) is 53.2 Å². The van der Waals surface area contributed by atoms with Crippen LogP contribution >= 0.6 is 70.3 Å². The van der Waals surface area contributed by atoms with Crippen molar-refractivity contribution in [3.05, 3.63) is 187 Å². The number of para-hydroxylation sites is 2. The summed E-state index contributed by atoms with van der Waals surface area (Å²) in [5, 5.41) is 37.9. The fraction of sp³-hybridized carbons (Fsp3) is 0.400. The molecule has 0 aliphatic carbocycles. The van der Waals surface area contributed by atoms with Crippen LogP contribution in [0, 0.1) is 13.8 Å². The first-order chi connectivity index (χ1) is 41.6. The maximum atomic E-state index is 10.6. The summed E-state index contributed by atoms with van der Waals surface area (Å²) in [5.41, 5.74) is 15.0. The Morgan fingerprint density at radius 2 is 0.966 bits per heavy atom. The van der Waals surface area contributed by atoms with E-state index in [1.54, 1.807) is 73.5 Å². The van der Waals surface area contributed by atoms with Crippen molar-refractivity contribution >= 4 is 81.2 Å². The second-order valence-corrected chi connectivity index (χ2v) is 31.5. The van der Waals surface area contributed by atoms with E-state index in [-0.39, 0.29) is 7.92 Å². The highest BCUT2D eigenvalue weighted by Crippen LogP contribution is 2.59. The highest BCUT2D eigenvalue weighted by atomic mass is 79.9. The number of aryl methyl sites for hydroxylation is 2. The third-order valence-electron chi connectivity index (χ3n) is 14.9. The molecule has 0 atom stereocenters. The molecule has 2 aromatic heterocycles. The van der Waals surface area contributed by atoms with E-state index in [1.165, 1.54) is 16.4 Å². The van der Waals surface area contributed by atoms with E-state index in [9.17, 15) is 10.2 Å². The number of halogens is 5. The van der Waals surface area contributed by atoms with Crippen molar-refractivity contribution in [2.75, 3.05) is 84.1 Å². The Hall–Kier alpha value is -4.67. The smallest absolute Gasteiger partial charge is 0.103 e. The fourth-order valence-corrected chi connectivity index (χ4v) is 16.6. The Balaban J connectivity index is 0.000000179. The average molecular weight is 1360 g/mol. The first-order valence-electron chi connectivity index (χ1n) is 30.0. The maximum Gasteiger partial charge on any atom is 0.103 e. The molecule has 0 amide bonds. The van der Waals surface area contributed by atoms with Gasteiger partial charge in [-0.25, -0.2) is 9.36 Å². The molecule has 472 valence electrons. The Morgan fingerprint density at radius 3 is 1.40 bits per heavy atom. The molecule has 5 N–H and O–H groups in total. The lowest BCUT2D eigenvalue weighted by molar-refractivity contribution is 0.0394. The molecule has 0 unspecified atom stereocenters. The van der Waals surface area contributed by atoms with Crippen molar-refractivity contribution < 1.29 is 19.7 Å². The lowest BCUT2D eigenvalue weighted by Crippen LogP contribution is -2.39. The van der Waals surface area contributed by atoms with Gasteiger partial charge in [-0.2, -0.15) is 10.2 Å². The van der Waals surface area contributed by atoms with E-state index >= 15 is 0 Å². The first kappa shape index (κ1) is 70.8. The molecule has 12 nitrogen and oxygen atoms in total. The number of nitrogens with one attached hydrogen (secondary N) is 1. The quantitative estimate of drug-likeness (QED) is 0.0778. The van der Waals surface area contributed by atoms with Gasteiger partial charge in [0.1, 0.15) is 22.6 Å². The molecule has 8 aromatic rings. The van der Waals surface area contributed by atoms with Crippen LogP contribution in [0.1, 0.15) is 91.8 Å². The number of hydrogen-bond donors (Lipinski definition) is 4. The number of nitrogens with two attached hydrogens (primary N) is 1. The van der Waals surface area contributed by atoms with Crippen molar-refractivity contribution in [1.29, 1.82) is 0 Å². The molecule has 0 saturated carbocycles. The third-order valence-corrected chi connectivity index (χ3v) is 20.2. The molecule has 4 heterocycles. The third kappa shape index (κ3) is 19.2. The summed E-state index contributed by atoms with van der Waals surface area (Å²) in [6, 6.07) is 46.5. The molecule has 88 heavy (non-hydrogen) atoms. The van der Waals surface area contributed by atoms with Gasteiger partial charge in [0.25, 0.3) is 0 Å². The Bertz CT molecular complexity index is 3490. The Morgan fingerprint density at radius 1 is 0.534 bits per heavy atom. The predicted octanol–water partition coefficient (Wildman–Crippen LogP) is 16.6. The zero-order valence-corrected chi connectivity index (χ0v) is 58.6. The van der Waals surface area contributed by atoms with Crippen molar-refractivity contribution in [2.45, 2.75) is 105 Å². The highest BCUT2D eigenvalue weighted by molar-refractivity contribution is 9.10. The van der Waals surface area contributed by atoms with E-state index in [2.05, 4.69) is 163 Å². The van der Waals surface area contributed by atoms with Gasteiger partial charge in [0.05, 0.1) is 69.3 Å². The average Bonchev–Trinajstić information content (AvgIpc) is 1.98. The summed E-state index contributed by atoms with van der Waals surface area (Å²) >= 11 is 29.3. The van der Waals surface area contributed by atoms with Crippen LogP contribution in [0.5, 0.6) is 0 Å². The number of morpholine rings is 2. The van der Waals surface area contributed by atoms with Crippen LogP contribution in [0.2, 0.25) is 20.1 Å². The lowest BCUT2D eigenvalue weighted by Gasteiger charge is -2.42. The Kier molecular flexibility index (Phi) is 25.4. The number of rotatable bonds is 14. The van der Waals surface area contributed by atoms with Crippen LogP contribution in [0.3, 0.4) is 0 Å². The second kappa shape index (κ2) is 31.6. The number of nitrogens with zero attached hydrogens (tertiary/aromatic N) is 6. The van der Waals surface area contributed by atoms with E-state index in [4.69, 9.17) is 61.6 Å². The molecular formula is C70H88BrCl4N8O4P.